The molecule has 1 unspecified atom stereocenters. The first kappa shape index (κ1) is 14.9. The molecular formula is C10H20N2O4. The molecule has 0 saturated heterocycles. The summed E-state index contributed by atoms with van der Waals surface area (Å²) in [7, 11) is 1.59. The van der Waals surface area contributed by atoms with Gasteiger partial charge >= 0.3 is 5.97 Å². The van der Waals surface area contributed by atoms with Crippen molar-refractivity contribution in [3.05, 3.63) is 0 Å². The van der Waals surface area contributed by atoms with E-state index in [0.29, 0.717) is 26.0 Å². The summed E-state index contributed by atoms with van der Waals surface area (Å²) in [5.41, 5.74) is 5.62. The molecule has 1 atom stereocenters. The van der Waals surface area contributed by atoms with E-state index in [1.165, 1.54) is 0 Å². The predicted molar refractivity (Wildman–Crippen MR) is 59.0 cm³/mol. The molecule has 0 aromatic carbocycles. The zero-order chi connectivity index (χ0) is 12.4. The van der Waals surface area contributed by atoms with Crippen LogP contribution in [0.1, 0.15) is 25.7 Å². The van der Waals surface area contributed by atoms with Crippen molar-refractivity contribution in [2.45, 2.75) is 31.7 Å². The van der Waals surface area contributed by atoms with Gasteiger partial charge in [-0.05, 0) is 19.3 Å². The molecule has 0 fully saturated rings. The molecular weight excluding hydrogens is 212 g/mol. The number of nitrogens with two attached hydrogens (primary N) is 1. The van der Waals surface area contributed by atoms with Gasteiger partial charge in [0.2, 0.25) is 5.91 Å². The minimum absolute atomic E-state index is 0.0548. The van der Waals surface area contributed by atoms with Gasteiger partial charge in [0.15, 0.2) is 0 Å². The fraction of sp³-hybridized carbons (Fsp3) is 0.800. The molecule has 1 amide bonds. The van der Waals surface area contributed by atoms with Gasteiger partial charge in [0, 0.05) is 26.7 Å². The van der Waals surface area contributed by atoms with Crippen molar-refractivity contribution in [3.8, 4) is 0 Å². The molecule has 6 nitrogen and oxygen atoms in total. The van der Waals surface area contributed by atoms with E-state index in [1.54, 1.807) is 7.11 Å². The predicted octanol–water partition coefficient (Wildman–Crippen LogP) is -0.279. The number of ether oxygens (including phenoxy) is 1. The average Bonchev–Trinajstić information content (AvgIpc) is 2.24. The molecule has 0 bridgehead atoms. The fourth-order valence-electron chi connectivity index (χ4n) is 1.16. The summed E-state index contributed by atoms with van der Waals surface area (Å²) >= 11 is 0. The van der Waals surface area contributed by atoms with E-state index < -0.39 is 12.0 Å². The molecule has 0 radical (unpaired) electrons. The summed E-state index contributed by atoms with van der Waals surface area (Å²) in [5.74, 6) is -1.10. The minimum atomic E-state index is -0.862. The monoisotopic (exact) mass is 232 g/mol. The van der Waals surface area contributed by atoms with Crippen molar-refractivity contribution in [1.29, 1.82) is 0 Å². The Morgan fingerprint density at radius 3 is 2.69 bits per heavy atom. The highest BCUT2D eigenvalue weighted by molar-refractivity contribution is 5.81. The number of hydrogen-bond donors (Lipinski definition) is 3. The third kappa shape index (κ3) is 8.19. The molecule has 0 aliphatic carbocycles. The first-order valence-electron chi connectivity index (χ1n) is 5.32. The van der Waals surface area contributed by atoms with Crippen LogP contribution in [0.3, 0.4) is 0 Å². The standard InChI is InChI=1S/C10H20N2O4/c1-16-7-3-4-8(11)10(15)12-6-2-5-9(13)14/h8H,2-7,11H2,1H3,(H,12,15)(H,13,14). The average molecular weight is 232 g/mol. The van der Waals surface area contributed by atoms with Crippen LogP contribution in [-0.2, 0) is 14.3 Å². The summed E-state index contributed by atoms with van der Waals surface area (Å²) in [5, 5.41) is 11.0. The highest BCUT2D eigenvalue weighted by Crippen LogP contribution is 1.95. The number of methoxy groups -OCH3 is 1. The van der Waals surface area contributed by atoms with E-state index in [9.17, 15) is 9.59 Å². The zero-order valence-corrected chi connectivity index (χ0v) is 9.57. The second kappa shape index (κ2) is 9.11. The maximum Gasteiger partial charge on any atom is 0.303 e. The number of nitrogens with one attached hydrogen (secondary N) is 1. The Kier molecular flexibility index (Phi) is 8.46. The molecule has 0 heterocycles. The van der Waals surface area contributed by atoms with Gasteiger partial charge in [-0.15, -0.1) is 0 Å². The van der Waals surface area contributed by atoms with Gasteiger partial charge in [-0.2, -0.15) is 0 Å². The van der Waals surface area contributed by atoms with E-state index >= 15 is 0 Å². The first-order chi connectivity index (χ1) is 7.57. The molecule has 0 aliphatic heterocycles. The van der Waals surface area contributed by atoms with E-state index in [1.807, 2.05) is 0 Å². The van der Waals surface area contributed by atoms with Gasteiger partial charge < -0.3 is 20.9 Å². The molecule has 0 rings (SSSR count). The lowest BCUT2D eigenvalue weighted by Gasteiger charge is -2.11. The quantitative estimate of drug-likeness (QED) is 0.475. The van der Waals surface area contributed by atoms with E-state index in [2.05, 4.69) is 5.32 Å². The Morgan fingerprint density at radius 2 is 2.12 bits per heavy atom. The number of carboxylic acid groups (broad SMARTS) is 1. The summed E-state index contributed by atoms with van der Waals surface area (Å²) in [6, 6.07) is -0.542. The molecule has 6 heteroatoms. The highest BCUT2D eigenvalue weighted by Gasteiger charge is 2.11. The number of carboxylic acids is 1. The molecule has 0 aromatic rings. The van der Waals surface area contributed by atoms with Crippen LogP contribution in [0.25, 0.3) is 0 Å². The van der Waals surface area contributed by atoms with E-state index in [0.717, 1.165) is 6.42 Å². The summed E-state index contributed by atoms with van der Waals surface area (Å²) < 4.78 is 4.84. The largest absolute Gasteiger partial charge is 0.481 e. The van der Waals surface area contributed by atoms with Crippen molar-refractivity contribution in [3.63, 3.8) is 0 Å². The van der Waals surface area contributed by atoms with Crippen molar-refractivity contribution < 1.29 is 19.4 Å². The maximum absolute atomic E-state index is 11.4. The number of carbonyl (C=O) groups excluding carboxylic acids is 1. The van der Waals surface area contributed by atoms with Gasteiger partial charge in [0.1, 0.15) is 0 Å². The summed E-state index contributed by atoms with van der Waals surface area (Å²) in [6.07, 6.45) is 1.78. The lowest BCUT2D eigenvalue weighted by molar-refractivity contribution is -0.137. The van der Waals surface area contributed by atoms with Gasteiger partial charge in [0.05, 0.1) is 6.04 Å². The lowest BCUT2D eigenvalue weighted by Crippen LogP contribution is -2.41. The first-order valence-corrected chi connectivity index (χ1v) is 5.32. The number of rotatable bonds is 9. The second-order valence-electron chi connectivity index (χ2n) is 3.53. The van der Waals surface area contributed by atoms with Crippen LogP contribution in [0.4, 0.5) is 0 Å². The zero-order valence-electron chi connectivity index (χ0n) is 9.57. The van der Waals surface area contributed by atoms with Crippen LogP contribution < -0.4 is 11.1 Å². The van der Waals surface area contributed by atoms with Crippen LogP contribution in [0.15, 0.2) is 0 Å². The molecule has 4 N–H and O–H groups in total. The van der Waals surface area contributed by atoms with Gasteiger partial charge in [0.25, 0.3) is 0 Å². The number of amides is 1. The Balaban J connectivity index is 3.51. The Bertz CT molecular complexity index is 221. The minimum Gasteiger partial charge on any atom is -0.481 e. The normalized spacial score (nSPS) is 12.1. The Hall–Kier alpha value is -1.14. The van der Waals surface area contributed by atoms with Gasteiger partial charge in [-0.25, -0.2) is 0 Å². The van der Waals surface area contributed by atoms with Crippen LogP contribution in [0, 0.1) is 0 Å². The molecule has 16 heavy (non-hydrogen) atoms. The fourth-order valence-corrected chi connectivity index (χ4v) is 1.16. The van der Waals surface area contributed by atoms with Crippen LogP contribution in [-0.4, -0.2) is 43.3 Å². The van der Waals surface area contributed by atoms with Gasteiger partial charge in [-0.3, -0.25) is 9.59 Å². The molecule has 0 spiro atoms. The van der Waals surface area contributed by atoms with Crippen molar-refractivity contribution in [2.75, 3.05) is 20.3 Å². The maximum atomic E-state index is 11.4. The van der Waals surface area contributed by atoms with Crippen molar-refractivity contribution in [2.24, 2.45) is 5.73 Å². The van der Waals surface area contributed by atoms with Gasteiger partial charge in [-0.1, -0.05) is 0 Å². The van der Waals surface area contributed by atoms with E-state index in [-0.39, 0.29) is 12.3 Å². The second-order valence-corrected chi connectivity index (χ2v) is 3.53. The summed E-state index contributed by atoms with van der Waals surface area (Å²) in [4.78, 5) is 21.6. The topological polar surface area (TPSA) is 102 Å². The molecule has 0 aromatic heterocycles. The van der Waals surface area contributed by atoms with Crippen LogP contribution >= 0.6 is 0 Å². The number of hydrogen-bond acceptors (Lipinski definition) is 4. The Morgan fingerprint density at radius 1 is 1.44 bits per heavy atom. The summed E-state index contributed by atoms with van der Waals surface area (Å²) in [6.45, 7) is 0.934. The number of carbonyl (C=O) groups is 2. The van der Waals surface area contributed by atoms with Crippen molar-refractivity contribution in [1.82, 2.24) is 5.32 Å². The SMILES string of the molecule is COCCCC(N)C(=O)NCCCC(=O)O. The number of aliphatic carboxylic acids is 1. The molecule has 94 valence electrons. The van der Waals surface area contributed by atoms with Crippen LogP contribution in [0.2, 0.25) is 0 Å². The molecule has 0 aliphatic rings. The third-order valence-corrected chi connectivity index (χ3v) is 2.07. The van der Waals surface area contributed by atoms with Crippen LogP contribution in [0.5, 0.6) is 0 Å². The third-order valence-electron chi connectivity index (χ3n) is 2.07. The van der Waals surface area contributed by atoms with Crippen molar-refractivity contribution >= 4 is 11.9 Å². The highest BCUT2D eigenvalue weighted by atomic mass is 16.5. The lowest BCUT2D eigenvalue weighted by atomic mass is 10.1. The Labute approximate surface area is 95.1 Å². The molecule has 0 saturated carbocycles. The van der Waals surface area contributed by atoms with E-state index in [4.69, 9.17) is 15.6 Å². The smallest absolute Gasteiger partial charge is 0.303 e.